The van der Waals surface area contributed by atoms with Crippen molar-refractivity contribution in [2.75, 3.05) is 19.0 Å². The van der Waals surface area contributed by atoms with E-state index in [1.54, 1.807) is 0 Å². The predicted octanol–water partition coefficient (Wildman–Crippen LogP) is -1.59. The van der Waals surface area contributed by atoms with E-state index >= 15 is 0 Å². The van der Waals surface area contributed by atoms with Crippen LogP contribution >= 0.6 is 11.6 Å². The first-order valence-corrected chi connectivity index (χ1v) is 4.41. The van der Waals surface area contributed by atoms with Crippen LogP contribution in [0.1, 0.15) is 6.42 Å². The van der Waals surface area contributed by atoms with Crippen LogP contribution in [-0.2, 0) is 14.4 Å². The van der Waals surface area contributed by atoms with Crippen LogP contribution in [-0.4, -0.2) is 41.6 Å². The highest BCUT2D eigenvalue weighted by Crippen LogP contribution is 1.95. The molecule has 80 valence electrons. The summed E-state index contributed by atoms with van der Waals surface area (Å²) in [6, 6.07) is 0. The average Bonchev–Trinajstić information content (AvgIpc) is 2.01. The maximum absolute atomic E-state index is 11.2. The third-order valence-electron chi connectivity index (χ3n) is 1.35. The number of hydrogen-bond donors (Lipinski definition) is 2. The maximum Gasteiger partial charge on any atom is 0.237 e. The monoisotopic (exact) mass is 221 g/mol. The smallest absolute Gasteiger partial charge is 0.237 e. The molecule has 4 N–H and O–H groups in total. The normalized spacial score (nSPS) is 9.50. The Hall–Kier alpha value is -1.30. The first kappa shape index (κ1) is 12.7. The summed E-state index contributed by atoms with van der Waals surface area (Å²) in [6.45, 7) is -0.642. The third-order valence-corrected chi connectivity index (χ3v) is 1.54. The lowest BCUT2D eigenvalue weighted by atomic mass is 10.3. The van der Waals surface area contributed by atoms with Crippen molar-refractivity contribution in [1.82, 2.24) is 4.90 Å². The van der Waals surface area contributed by atoms with Crippen LogP contribution in [0.2, 0.25) is 0 Å². The van der Waals surface area contributed by atoms with Crippen molar-refractivity contribution in [2.24, 2.45) is 11.5 Å². The summed E-state index contributed by atoms with van der Waals surface area (Å²) in [5.41, 5.74) is 9.77. The fraction of sp³-hybridized carbons (Fsp3) is 0.571. The Kier molecular flexibility index (Phi) is 5.62. The summed E-state index contributed by atoms with van der Waals surface area (Å²) in [5.74, 6) is -1.70. The lowest BCUT2D eigenvalue weighted by molar-refractivity contribution is -0.137. The number of carbonyl (C=O) groups excluding carboxylic acids is 3. The van der Waals surface area contributed by atoms with Gasteiger partial charge in [0.05, 0.1) is 13.1 Å². The molecule has 14 heavy (non-hydrogen) atoms. The van der Waals surface area contributed by atoms with Gasteiger partial charge in [0.25, 0.3) is 0 Å². The molecule has 0 fully saturated rings. The third kappa shape index (κ3) is 5.36. The largest absolute Gasteiger partial charge is 0.368 e. The minimum absolute atomic E-state index is 0.0438. The molecule has 0 saturated heterocycles. The van der Waals surface area contributed by atoms with Crippen LogP contribution in [0.5, 0.6) is 0 Å². The SMILES string of the molecule is NC(=O)CN(CC(N)=O)C(=O)CCCl. The van der Waals surface area contributed by atoms with Crippen molar-refractivity contribution < 1.29 is 14.4 Å². The quantitative estimate of drug-likeness (QED) is 0.528. The summed E-state index contributed by atoms with van der Waals surface area (Å²) in [7, 11) is 0. The second-order valence-electron chi connectivity index (χ2n) is 2.62. The first-order chi connectivity index (χ1) is 6.47. The van der Waals surface area contributed by atoms with Crippen LogP contribution in [0.3, 0.4) is 0 Å². The van der Waals surface area contributed by atoms with Gasteiger partial charge in [0.1, 0.15) is 0 Å². The Morgan fingerprint density at radius 1 is 1.07 bits per heavy atom. The summed E-state index contributed by atoms with van der Waals surface area (Å²) in [5, 5.41) is 0. The van der Waals surface area contributed by atoms with E-state index in [1.807, 2.05) is 0 Å². The lowest BCUT2D eigenvalue weighted by Crippen LogP contribution is -2.43. The molecule has 6 nitrogen and oxygen atoms in total. The second kappa shape index (κ2) is 6.20. The van der Waals surface area contributed by atoms with E-state index in [1.165, 1.54) is 0 Å². The van der Waals surface area contributed by atoms with E-state index in [0.717, 1.165) is 4.90 Å². The van der Waals surface area contributed by atoms with Crippen LogP contribution < -0.4 is 11.5 Å². The summed E-state index contributed by atoms with van der Waals surface area (Å²) in [4.78, 5) is 33.3. The van der Waals surface area contributed by atoms with Crippen molar-refractivity contribution in [3.05, 3.63) is 0 Å². The van der Waals surface area contributed by atoms with Gasteiger partial charge in [0, 0.05) is 12.3 Å². The van der Waals surface area contributed by atoms with Gasteiger partial charge in [0.15, 0.2) is 0 Å². The number of alkyl halides is 1. The molecule has 0 bridgehead atoms. The number of amides is 3. The van der Waals surface area contributed by atoms with E-state index in [0.29, 0.717) is 0 Å². The highest BCUT2D eigenvalue weighted by atomic mass is 35.5. The van der Waals surface area contributed by atoms with Crippen molar-refractivity contribution in [3.63, 3.8) is 0 Å². The number of halogens is 1. The topological polar surface area (TPSA) is 106 Å². The van der Waals surface area contributed by atoms with E-state index < -0.39 is 17.7 Å². The van der Waals surface area contributed by atoms with Gasteiger partial charge >= 0.3 is 0 Å². The van der Waals surface area contributed by atoms with Gasteiger partial charge in [-0.3, -0.25) is 14.4 Å². The first-order valence-electron chi connectivity index (χ1n) is 3.87. The fourth-order valence-electron chi connectivity index (χ4n) is 0.847. The molecule has 0 saturated carbocycles. The van der Waals surface area contributed by atoms with E-state index in [9.17, 15) is 14.4 Å². The van der Waals surface area contributed by atoms with Gasteiger partial charge in [-0.05, 0) is 0 Å². The van der Waals surface area contributed by atoms with Crippen molar-refractivity contribution in [1.29, 1.82) is 0 Å². The zero-order chi connectivity index (χ0) is 11.1. The van der Waals surface area contributed by atoms with E-state index in [2.05, 4.69) is 0 Å². The lowest BCUT2D eigenvalue weighted by Gasteiger charge is -2.18. The number of primary amides is 2. The van der Waals surface area contributed by atoms with Crippen LogP contribution in [0.15, 0.2) is 0 Å². The molecule has 3 amide bonds. The van der Waals surface area contributed by atoms with Gasteiger partial charge in [-0.1, -0.05) is 0 Å². The maximum atomic E-state index is 11.2. The van der Waals surface area contributed by atoms with Gasteiger partial charge in [0.2, 0.25) is 17.7 Å². The Morgan fingerprint density at radius 2 is 1.50 bits per heavy atom. The molecule has 0 radical (unpaired) electrons. The second-order valence-corrected chi connectivity index (χ2v) is 3.00. The highest BCUT2D eigenvalue weighted by molar-refractivity contribution is 6.19. The van der Waals surface area contributed by atoms with Crippen molar-refractivity contribution in [2.45, 2.75) is 6.42 Å². The number of hydrogen-bond acceptors (Lipinski definition) is 3. The Morgan fingerprint density at radius 3 is 1.79 bits per heavy atom. The van der Waals surface area contributed by atoms with Crippen LogP contribution in [0, 0.1) is 0 Å². The van der Waals surface area contributed by atoms with Gasteiger partial charge < -0.3 is 16.4 Å². The molecule has 0 aromatic rings. The molecule has 0 heterocycles. The minimum Gasteiger partial charge on any atom is -0.368 e. The summed E-state index contributed by atoms with van der Waals surface area (Å²) in [6.07, 6.45) is 0.0438. The Bertz CT molecular complexity index is 228. The van der Waals surface area contributed by atoms with Crippen molar-refractivity contribution in [3.8, 4) is 0 Å². The highest BCUT2D eigenvalue weighted by Gasteiger charge is 2.16. The summed E-state index contributed by atoms with van der Waals surface area (Å²) >= 11 is 5.33. The van der Waals surface area contributed by atoms with Crippen LogP contribution in [0.4, 0.5) is 0 Å². The number of rotatable bonds is 6. The molecule has 0 atom stereocenters. The number of nitrogens with zero attached hydrogens (tertiary/aromatic N) is 1. The summed E-state index contributed by atoms with van der Waals surface area (Å²) < 4.78 is 0. The number of carbonyl (C=O) groups is 3. The zero-order valence-corrected chi connectivity index (χ0v) is 8.29. The molecule has 0 aliphatic heterocycles. The molecule has 0 aliphatic rings. The molecule has 7 heteroatoms. The molecular formula is C7H12ClN3O3. The fourth-order valence-corrected chi connectivity index (χ4v) is 1.01. The molecule has 0 spiro atoms. The molecule has 0 aromatic heterocycles. The standard InChI is InChI=1S/C7H12ClN3O3/c8-2-1-7(14)11(3-5(9)12)4-6(10)13/h1-4H2,(H2,9,12)(H2,10,13). The predicted molar refractivity (Wildman–Crippen MR) is 50.3 cm³/mol. The molecular weight excluding hydrogens is 210 g/mol. The van der Waals surface area contributed by atoms with Gasteiger partial charge in [-0.15, -0.1) is 11.6 Å². The minimum atomic E-state index is -0.700. The van der Waals surface area contributed by atoms with E-state index in [-0.39, 0.29) is 25.4 Å². The Balaban J connectivity index is 4.29. The molecule has 0 rings (SSSR count). The molecule has 0 aliphatic carbocycles. The van der Waals surface area contributed by atoms with E-state index in [4.69, 9.17) is 23.1 Å². The van der Waals surface area contributed by atoms with Crippen LogP contribution in [0.25, 0.3) is 0 Å². The molecule has 0 aromatic carbocycles. The average molecular weight is 222 g/mol. The zero-order valence-electron chi connectivity index (χ0n) is 7.53. The van der Waals surface area contributed by atoms with Crippen molar-refractivity contribution >= 4 is 29.3 Å². The Labute approximate surface area is 86.2 Å². The van der Waals surface area contributed by atoms with Gasteiger partial charge in [-0.2, -0.15) is 0 Å². The number of nitrogens with two attached hydrogens (primary N) is 2. The van der Waals surface area contributed by atoms with Gasteiger partial charge in [-0.25, -0.2) is 0 Å². The molecule has 0 unspecified atom stereocenters.